The summed E-state index contributed by atoms with van der Waals surface area (Å²) in [6.45, 7) is 3.99. The second-order valence-corrected chi connectivity index (χ2v) is 4.33. The van der Waals surface area contributed by atoms with Crippen molar-refractivity contribution in [1.82, 2.24) is 9.78 Å². The van der Waals surface area contributed by atoms with E-state index >= 15 is 0 Å². The second kappa shape index (κ2) is 4.91. The molecule has 1 aromatic carbocycles. The third-order valence-electron chi connectivity index (χ3n) is 2.56. The average Bonchev–Trinajstić information content (AvgIpc) is 2.72. The topological polar surface area (TPSA) is 72.9 Å². The third kappa shape index (κ3) is 2.51. The maximum atomic E-state index is 11.9. The van der Waals surface area contributed by atoms with Crippen molar-refractivity contribution >= 4 is 17.4 Å². The van der Waals surface area contributed by atoms with Gasteiger partial charge in [-0.15, -0.1) is 0 Å². The highest BCUT2D eigenvalue weighted by Crippen LogP contribution is 2.18. The minimum absolute atomic E-state index is 0.203. The van der Waals surface area contributed by atoms with Gasteiger partial charge in [0.2, 0.25) is 0 Å². The van der Waals surface area contributed by atoms with Crippen molar-refractivity contribution in [3.8, 4) is 0 Å². The number of nitrogen functional groups attached to an aromatic ring is 1. The molecule has 5 nitrogen and oxygen atoms in total. The maximum absolute atomic E-state index is 11.9. The van der Waals surface area contributed by atoms with E-state index in [0.717, 1.165) is 0 Å². The fourth-order valence-electron chi connectivity index (χ4n) is 1.54. The molecule has 0 aliphatic heterocycles. The molecule has 0 aliphatic rings. The zero-order valence-corrected chi connectivity index (χ0v) is 10.4. The lowest BCUT2D eigenvalue weighted by Crippen LogP contribution is -2.13. The van der Waals surface area contributed by atoms with Gasteiger partial charge in [-0.2, -0.15) is 5.10 Å². The van der Waals surface area contributed by atoms with Crippen LogP contribution in [-0.4, -0.2) is 15.7 Å². The first-order valence-corrected chi connectivity index (χ1v) is 5.79. The maximum Gasteiger partial charge on any atom is 0.256 e. The van der Waals surface area contributed by atoms with Gasteiger partial charge in [0.25, 0.3) is 5.91 Å². The molecule has 0 saturated carbocycles. The van der Waals surface area contributed by atoms with Crippen LogP contribution in [0.5, 0.6) is 0 Å². The van der Waals surface area contributed by atoms with Gasteiger partial charge >= 0.3 is 0 Å². The summed E-state index contributed by atoms with van der Waals surface area (Å²) in [5.41, 5.74) is 6.85. The molecule has 18 heavy (non-hydrogen) atoms. The van der Waals surface area contributed by atoms with E-state index in [2.05, 4.69) is 10.4 Å². The van der Waals surface area contributed by atoms with Gasteiger partial charge in [0.15, 0.2) is 5.82 Å². The number of nitrogens with zero attached hydrogens (tertiary/aromatic N) is 2. The Morgan fingerprint density at radius 1 is 1.33 bits per heavy atom. The minimum atomic E-state index is -0.212. The van der Waals surface area contributed by atoms with E-state index in [-0.39, 0.29) is 11.9 Å². The van der Waals surface area contributed by atoms with Crippen LogP contribution in [0.15, 0.2) is 36.5 Å². The quantitative estimate of drug-likeness (QED) is 0.870. The highest BCUT2D eigenvalue weighted by Gasteiger charge is 2.12. The number of hydrogen-bond acceptors (Lipinski definition) is 3. The second-order valence-electron chi connectivity index (χ2n) is 4.33. The summed E-state index contributed by atoms with van der Waals surface area (Å²) >= 11 is 0. The number of hydrogen-bond donors (Lipinski definition) is 2. The van der Waals surface area contributed by atoms with E-state index in [0.29, 0.717) is 17.1 Å². The molecule has 0 fully saturated rings. The fraction of sp³-hybridized carbons (Fsp3) is 0.231. The van der Waals surface area contributed by atoms with Gasteiger partial charge in [0.05, 0.1) is 11.9 Å². The molecule has 3 N–H and O–H groups in total. The smallest absolute Gasteiger partial charge is 0.256 e. The normalized spacial score (nSPS) is 10.6. The lowest BCUT2D eigenvalue weighted by atomic mass is 10.2. The van der Waals surface area contributed by atoms with Gasteiger partial charge in [0, 0.05) is 11.6 Å². The van der Waals surface area contributed by atoms with Crippen LogP contribution in [0.3, 0.4) is 0 Å². The van der Waals surface area contributed by atoms with Gasteiger partial charge in [-0.25, -0.2) is 0 Å². The van der Waals surface area contributed by atoms with Crippen molar-refractivity contribution in [3.63, 3.8) is 0 Å². The number of carbonyl (C=O) groups is 1. The largest absolute Gasteiger partial charge is 0.394 e. The zero-order chi connectivity index (χ0) is 13.1. The van der Waals surface area contributed by atoms with Crippen LogP contribution in [0.25, 0.3) is 0 Å². The van der Waals surface area contributed by atoms with Crippen LogP contribution in [0.2, 0.25) is 0 Å². The van der Waals surface area contributed by atoms with Crippen LogP contribution in [0, 0.1) is 0 Å². The average molecular weight is 244 g/mol. The molecule has 94 valence electrons. The molecule has 0 saturated heterocycles. The number of benzene rings is 1. The molecule has 0 bridgehead atoms. The van der Waals surface area contributed by atoms with Gasteiger partial charge in [0.1, 0.15) is 0 Å². The fourth-order valence-corrected chi connectivity index (χ4v) is 1.54. The first kappa shape index (κ1) is 12.2. The molecule has 2 rings (SSSR count). The van der Waals surface area contributed by atoms with Gasteiger partial charge in [-0.3, -0.25) is 9.48 Å². The summed E-state index contributed by atoms with van der Waals surface area (Å²) in [5, 5.41) is 6.94. The van der Waals surface area contributed by atoms with E-state index < -0.39 is 0 Å². The van der Waals surface area contributed by atoms with Gasteiger partial charge in [-0.05, 0) is 26.0 Å². The van der Waals surface area contributed by atoms with Gasteiger partial charge in [-0.1, -0.05) is 18.2 Å². The van der Waals surface area contributed by atoms with Crippen molar-refractivity contribution in [1.29, 1.82) is 0 Å². The molecule has 2 aromatic rings. The van der Waals surface area contributed by atoms with E-state index in [1.54, 1.807) is 23.0 Å². The Labute approximate surface area is 106 Å². The van der Waals surface area contributed by atoms with Crippen LogP contribution < -0.4 is 11.1 Å². The number of nitrogens with two attached hydrogens (primary N) is 1. The molecule has 1 aromatic heterocycles. The first-order valence-electron chi connectivity index (χ1n) is 5.79. The number of amides is 1. The number of rotatable bonds is 3. The van der Waals surface area contributed by atoms with E-state index in [9.17, 15) is 4.79 Å². The lowest BCUT2D eigenvalue weighted by molar-refractivity contribution is 0.102. The molecular weight excluding hydrogens is 228 g/mol. The van der Waals surface area contributed by atoms with Crippen molar-refractivity contribution in [2.45, 2.75) is 19.9 Å². The number of nitrogens with one attached hydrogen (secondary N) is 1. The third-order valence-corrected chi connectivity index (χ3v) is 2.56. The zero-order valence-electron chi connectivity index (χ0n) is 10.4. The Bertz CT molecular complexity index is 545. The Kier molecular flexibility index (Phi) is 3.32. The molecule has 0 radical (unpaired) electrons. The molecule has 1 amide bonds. The summed E-state index contributed by atoms with van der Waals surface area (Å²) in [6, 6.07) is 9.17. The summed E-state index contributed by atoms with van der Waals surface area (Å²) in [6.07, 6.45) is 1.71. The Hall–Kier alpha value is -2.30. The monoisotopic (exact) mass is 244 g/mol. The molecule has 0 atom stereocenters. The van der Waals surface area contributed by atoms with Gasteiger partial charge < -0.3 is 11.1 Å². The van der Waals surface area contributed by atoms with E-state index in [4.69, 9.17) is 5.73 Å². The Morgan fingerprint density at radius 3 is 2.56 bits per heavy atom. The lowest BCUT2D eigenvalue weighted by Gasteiger charge is -2.04. The molecule has 1 heterocycles. The molecule has 0 aliphatic carbocycles. The molecular formula is C13H16N4O. The highest BCUT2D eigenvalue weighted by molar-refractivity contribution is 6.04. The van der Waals surface area contributed by atoms with E-state index in [1.165, 1.54) is 0 Å². The van der Waals surface area contributed by atoms with Crippen molar-refractivity contribution in [2.75, 3.05) is 11.1 Å². The predicted octanol–water partition coefficient (Wildman–Crippen LogP) is 2.30. The van der Waals surface area contributed by atoms with Crippen LogP contribution in [0.1, 0.15) is 30.2 Å². The number of aromatic nitrogens is 2. The first-order chi connectivity index (χ1) is 8.58. The van der Waals surface area contributed by atoms with Crippen molar-refractivity contribution in [2.24, 2.45) is 0 Å². The molecule has 0 unspecified atom stereocenters. The van der Waals surface area contributed by atoms with E-state index in [1.807, 2.05) is 32.0 Å². The SMILES string of the molecule is CC(C)n1cc(N)c(NC(=O)c2ccccc2)n1. The standard InChI is InChI=1S/C13H16N4O/c1-9(2)17-8-11(14)12(16-17)15-13(18)10-6-4-3-5-7-10/h3-9H,14H2,1-2H3,(H,15,16,18). The number of carbonyl (C=O) groups excluding carboxylic acids is 1. The molecule has 0 spiro atoms. The summed E-state index contributed by atoms with van der Waals surface area (Å²) in [7, 11) is 0. The van der Waals surface area contributed by atoms with Crippen LogP contribution >= 0.6 is 0 Å². The summed E-state index contributed by atoms with van der Waals surface area (Å²) in [4.78, 5) is 11.9. The Morgan fingerprint density at radius 2 is 2.00 bits per heavy atom. The molecule has 5 heteroatoms. The summed E-state index contributed by atoms with van der Waals surface area (Å²) in [5.74, 6) is 0.189. The summed E-state index contributed by atoms with van der Waals surface area (Å²) < 4.78 is 1.72. The van der Waals surface area contributed by atoms with Crippen molar-refractivity contribution < 1.29 is 4.79 Å². The van der Waals surface area contributed by atoms with Crippen molar-refractivity contribution in [3.05, 3.63) is 42.1 Å². The highest BCUT2D eigenvalue weighted by atomic mass is 16.1. The Balaban J connectivity index is 2.17. The number of anilines is 2. The minimum Gasteiger partial charge on any atom is -0.394 e. The predicted molar refractivity (Wildman–Crippen MR) is 71.4 cm³/mol. The van der Waals surface area contributed by atoms with Crippen LogP contribution in [0.4, 0.5) is 11.5 Å². The van der Waals surface area contributed by atoms with Crippen LogP contribution in [-0.2, 0) is 0 Å².